The maximum absolute atomic E-state index is 14.0. The van der Waals surface area contributed by atoms with Gasteiger partial charge in [0.05, 0.1) is 6.42 Å². The zero-order valence-corrected chi connectivity index (χ0v) is 19.6. The lowest BCUT2D eigenvalue weighted by Gasteiger charge is -2.53. The van der Waals surface area contributed by atoms with E-state index in [1.54, 1.807) is 30.3 Å². The number of carbonyl (C=O) groups is 1. The van der Waals surface area contributed by atoms with Crippen molar-refractivity contribution in [2.75, 3.05) is 0 Å². The number of esters is 1. The highest BCUT2D eigenvalue weighted by Gasteiger charge is 2.58. The summed E-state index contributed by atoms with van der Waals surface area (Å²) in [6.07, 6.45) is 0.0449. The van der Waals surface area contributed by atoms with Gasteiger partial charge in [0.1, 0.15) is 23.0 Å². The number of benzene rings is 3. The standard InChI is InChI=1S/C26H26F2O3Si/c1-25(17-24(29)30-23-8-6-5-7-22(23)25)26(31-32(2,3)4,18-9-13-20(27)14-10-18)19-11-15-21(28)16-12-19/h5-16H,17H2,1-4H3/t25-/m0/s1. The number of ether oxygens (including phenoxy) is 1. The van der Waals surface area contributed by atoms with Gasteiger partial charge in [0.15, 0.2) is 8.32 Å². The van der Waals surface area contributed by atoms with Crippen LogP contribution >= 0.6 is 0 Å². The first-order valence-electron chi connectivity index (χ1n) is 10.6. The molecule has 1 atom stereocenters. The summed E-state index contributed by atoms with van der Waals surface area (Å²) >= 11 is 0. The van der Waals surface area contributed by atoms with E-state index in [2.05, 4.69) is 19.6 Å². The maximum atomic E-state index is 14.0. The molecule has 0 aromatic heterocycles. The van der Waals surface area contributed by atoms with E-state index in [1.807, 2.05) is 25.1 Å². The average molecular weight is 453 g/mol. The molecule has 6 heteroatoms. The van der Waals surface area contributed by atoms with Gasteiger partial charge < -0.3 is 9.16 Å². The van der Waals surface area contributed by atoms with E-state index in [9.17, 15) is 13.6 Å². The van der Waals surface area contributed by atoms with Crippen molar-refractivity contribution in [3.8, 4) is 5.75 Å². The topological polar surface area (TPSA) is 35.5 Å². The van der Waals surface area contributed by atoms with Crippen LogP contribution in [0.25, 0.3) is 0 Å². The van der Waals surface area contributed by atoms with Crippen molar-refractivity contribution in [1.29, 1.82) is 0 Å². The highest BCUT2D eigenvalue weighted by atomic mass is 28.4. The first-order valence-corrected chi connectivity index (χ1v) is 14.0. The SMILES string of the molecule is C[C@]1(C(O[Si](C)(C)C)(c2ccc(F)cc2)c2ccc(F)cc2)CC(=O)Oc2ccccc21. The summed E-state index contributed by atoms with van der Waals surface area (Å²) in [6.45, 7) is 8.15. The molecule has 3 aromatic carbocycles. The van der Waals surface area contributed by atoms with Gasteiger partial charge in [-0.15, -0.1) is 0 Å². The van der Waals surface area contributed by atoms with Crippen molar-refractivity contribution in [2.45, 2.75) is 44.0 Å². The molecule has 0 radical (unpaired) electrons. The molecule has 3 nitrogen and oxygen atoms in total. The largest absolute Gasteiger partial charge is 0.426 e. The monoisotopic (exact) mass is 452 g/mol. The zero-order chi connectivity index (χ0) is 23.1. The number of halogens is 2. The third-order valence-corrected chi connectivity index (χ3v) is 6.86. The Morgan fingerprint density at radius 3 is 1.88 bits per heavy atom. The molecule has 0 saturated heterocycles. The predicted octanol–water partition coefficient (Wildman–Crippen LogP) is 6.33. The van der Waals surface area contributed by atoms with Gasteiger partial charge in [-0.05, 0) is 61.1 Å². The number of fused-ring (bicyclic) bond motifs is 1. The van der Waals surface area contributed by atoms with Gasteiger partial charge >= 0.3 is 5.97 Å². The van der Waals surface area contributed by atoms with E-state index >= 15 is 0 Å². The third-order valence-electron chi connectivity index (χ3n) is 5.94. The lowest BCUT2D eigenvalue weighted by Crippen LogP contribution is -2.57. The fourth-order valence-electron chi connectivity index (χ4n) is 4.73. The Morgan fingerprint density at radius 1 is 0.875 bits per heavy atom. The van der Waals surface area contributed by atoms with Gasteiger partial charge in [0.2, 0.25) is 0 Å². The summed E-state index contributed by atoms with van der Waals surface area (Å²) < 4.78 is 40.5. The van der Waals surface area contributed by atoms with Crippen molar-refractivity contribution in [2.24, 2.45) is 0 Å². The van der Waals surface area contributed by atoms with Gasteiger partial charge in [-0.2, -0.15) is 0 Å². The molecule has 1 aliphatic rings. The lowest BCUT2D eigenvalue weighted by molar-refractivity contribution is -0.140. The number of para-hydroxylation sites is 1. The Morgan fingerprint density at radius 2 is 1.38 bits per heavy atom. The van der Waals surface area contributed by atoms with Gasteiger partial charge in [0, 0.05) is 11.0 Å². The van der Waals surface area contributed by atoms with E-state index < -0.39 is 19.3 Å². The van der Waals surface area contributed by atoms with E-state index in [0.717, 1.165) is 5.56 Å². The number of hydrogen-bond acceptors (Lipinski definition) is 3. The van der Waals surface area contributed by atoms with Crippen LogP contribution in [0.2, 0.25) is 19.6 Å². The summed E-state index contributed by atoms with van der Waals surface area (Å²) in [5.74, 6) is -0.648. The molecule has 0 N–H and O–H groups in total. The molecular formula is C26H26F2O3Si. The number of carbonyl (C=O) groups excluding carboxylic acids is 1. The molecule has 166 valence electrons. The van der Waals surface area contributed by atoms with Crippen molar-refractivity contribution in [3.05, 3.63) is 101 Å². The quantitative estimate of drug-likeness (QED) is 0.258. The first kappa shape index (κ1) is 22.4. The molecule has 0 amide bonds. The van der Waals surface area contributed by atoms with Gasteiger partial charge in [-0.1, -0.05) is 49.4 Å². The van der Waals surface area contributed by atoms with E-state index in [4.69, 9.17) is 9.16 Å². The Hall–Kier alpha value is -2.83. The summed E-state index contributed by atoms with van der Waals surface area (Å²) in [5.41, 5.74) is 0.106. The Balaban J connectivity index is 2.12. The number of rotatable bonds is 5. The summed E-state index contributed by atoms with van der Waals surface area (Å²) in [4.78, 5) is 12.8. The molecule has 0 saturated carbocycles. The minimum atomic E-state index is -2.30. The molecule has 4 rings (SSSR count). The third kappa shape index (κ3) is 3.78. The Labute approximate surface area is 188 Å². The number of hydrogen-bond donors (Lipinski definition) is 0. The van der Waals surface area contributed by atoms with Crippen molar-refractivity contribution < 1.29 is 22.7 Å². The van der Waals surface area contributed by atoms with Crippen LogP contribution < -0.4 is 4.74 Å². The molecule has 0 bridgehead atoms. The van der Waals surface area contributed by atoms with Crippen LogP contribution in [0.5, 0.6) is 5.75 Å². The fourth-order valence-corrected chi connectivity index (χ4v) is 6.11. The molecule has 0 spiro atoms. The van der Waals surface area contributed by atoms with Crippen molar-refractivity contribution in [1.82, 2.24) is 0 Å². The molecule has 0 fully saturated rings. The zero-order valence-electron chi connectivity index (χ0n) is 18.6. The molecule has 1 aliphatic heterocycles. The van der Waals surface area contributed by atoms with E-state index in [1.165, 1.54) is 24.3 Å². The molecule has 32 heavy (non-hydrogen) atoms. The first-order chi connectivity index (χ1) is 15.0. The van der Waals surface area contributed by atoms with Crippen LogP contribution in [0.15, 0.2) is 72.8 Å². The summed E-state index contributed by atoms with van der Waals surface area (Å²) in [6, 6.07) is 19.7. The van der Waals surface area contributed by atoms with Crippen LogP contribution in [-0.4, -0.2) is 14.3 Å². The van der Waals surface area contributed by atoms with Crippen LogP contribution in [0.3, 0.4) is 0 Å². The van der Waals surface area contributed by atoms with Gasteiger partial charge in [-0.3, -0.25) is 4.79 Å². The maximum Gasteiger partial charge on any atom is 0.312 e. The highest BCUT2D eigenvalue weighted by molar-refractivity contribution is 6.69. The van der Waals surface area contributed by atoms with Gasteiger partial charge in [-0.25, -0.2) is 8.78 Å². The highest BCUT2D eigenvalue weighted by Crippen LogP contribution is 2.56. The van der Waals surface area contributed by atoms with E-state index in [-0.39, 0.29) is 24.0 Å². The van der Waals surface area contributed by atoms with Crippen LogP contribution in [-0.2, 0) is 20.2 Å². The summed E-state index contributed by atoms with van der Waals surface area (Å²) in [5, 5.41) is 0. The van der Waals surface area contributed by atoms with Crippen molar-refractivity contribution >= 4 is 14.3 Å². The van der Waals surface area contributed by atoms with Crippen LogP contribution in [0, 0.1) is 11.6 Å². The molecule has 1 heterocycles. The minimum absolute atomic E-state index is 0.0449. The predicted molar refractivity (Wildman–Crippen MR) is 122 cm³/mol. The summed E-state index contributed by atoms with van der Waals surface area (Å²) in [7, 11) is -2.30. The van der Waals surface area contributed by atoms with Crippen molar-refractivity contribution in [3.63, 3.8) is 0 Å². The second-order valence-corrected chi connectivity index (χ2v) is 13.8. The van der Waals surface area contributed by atoms with Crippen LogP contribution in [0.4, 0.5) is 8.78 Å². The molecule has 0 unspecified atom stereocenters. The molecule has 3 aromatic rings. The van der Waals surface area contributed by atoms with Crippen LogP contribution in [0.1, 0.15) is 30.0 Å². The second-order valence-electron chi connectivity index (χ2n) is 9.39. The normalized spacial score (nSPS) is 18.8. The fraction of sp³-hybridized carbons (Fsp3) is 0.269. The second kappa shape index (κ2) is 7.94. The lowest BCUT2D eigenvalue weighted by atomic mass is 9.60. The van der Waals surface area contributed by atoms with Gasteiger partial charge in [0.25, 0.3) is 0 Å². The Bertz CT molecular complexity index is 1090. The smallest absolute Gasteiger partial charge is 0.312 e. The van der Waals surface area contributed by atoms with E-state index in [0.29, 0.717) is 16.9 Å². The molecular weight excluding hydrogens is 426 g/mol. The Kier molecular flexibility index (Phi) is 5.55. The molecule has 0 aliphatic carbocycles. The minimum Gasteiger partial charge on any atom is -0.426 e. The average Bonchev–Trinajstić information content (AvgIpc) is 2.72.